The quantitative estimate of drug-likeness (QED) is 0.285. The monoisotopic (exact) mass is 467 g/mol. The normalized spacial score (nSPS) is 11.0. The number of aromatic nitrogens is 3. The van der Waals surface area contributed by atoms with E-state index in [9.17, 15) is 0 Å². The van der Waals surface area contributed by atoms with Crippen LogP contribution >= 0.6 is 11.9 Å². The van der Waals surface area contributed by atoms with Gasteiger partial charge in [-0.1, -0.05) is 42.5 Å². The van der Waals surface area contributed by atoms with E-state index in [-0.39, 0.29) is 0 Å². The molecule has 0 saturated heterocycles. The zero-order chi connectivity index (χ0) is 23.5. The lowest BCUT2D eigenvalue weighted by Gasteiger charge is -2.10. The summed E-state index contributed by atoms with van der Waals surface area (Å²) in [5, 5.41) is 1.19. The lowest BCUT2D eigenvalue weighted by atomic mass is 10.1. The van der Waals surface area contributed by atoms with Crippen molar-refractivity contribution in [3.63, 3.8) is 0 Å². The number of fused-ring (bicyclic) bond motifs is 1. The summed E-state index contributed by atoms with van der Waals surface area (Å²) in [6.45, 7) is 5.07. The van der Waals surface area contributed by atoms with Crippen LogP contribution in [0.3, 0.4) is 0 Å². The number of benzene rings is 3. The van der Waals surface area contributed by atoms with Gasteiger partial charge in [0.1, 0.15) is 11.9 Å². The lowest BCUT2D eigenvalue weighted by molar-refractivity contribution is -0.360. The fourth-order valence-electron chi connectivity index (χ4n) is 4.11. The van der Waals surface area contributed by atoms with Gasteiger partial charge >= 0.3 is 5.82 Å². The van der Waals surface area contributed by atoms with Crippen molar-refractivity contribution in [2.24, 2.45) is 0 Å². The summed E-state index contributed by atoms with van der Waals surface area (Å²) >= 11 is 1.59. The highest BCUT2D eigenvalue weighted by Crippen LogP contribution is 2.29. The molecule has 0 radical (unpaired) electrons. The third kappa shape index (κ3) is 4.50. The van der Waals surface area contributed by atoms with E-state index in [4.69, 9.17) is 4.74 Å². The first kappa shape index (κ1) is 22.0. The van der Waals surface area contributed by atoms with Crippen molar-refractivity contribution in [1.29, 1.82) is 0 Å². The van der Waals surface area contributed by atoms with Crippen LogP contribution in [0.25, 0.3) is 22.2 Å². The molecule has 170 valence electrons. The van der Waals surface area contributed by atoms with E-state index in [1.54, 1.807) is 25.3 Å². The van der Waals surface area contributed by atoms with Crippen molar-refractivity contribution in [3.05, 3.63) is 102 Å². The minimum Gasteiger partial charge on any atom is -0.497 e. The van der Waals surface area contributed by atoms with Crippen LogP contribution < -0.4 is 14.4 Å². The second-order valence-electron chi connectivity index (χ2n) is 8.28. The maximum atomic E-state index is 5.38. The number of methoxy groups -OCH3 is 1. The molecule has 0 atom stereocenters. The fourth-order valence-corrected chi connectivity index (χ4v) is 4.86. The Morgan fingerprint density at radius 3 is 2.62 bits per heavy atom. The van der Waals surface area contributed by atoms with Gasteiger partial charge in [-0.05, 0) is 55.3 Å². The van der Waals surface area contributed by atoms with Gasteiger partial charge in [-0.3, -0.25) is 0 Å². The summed E-state index contributed by atoms with van der Waals surface area (Å²) < 4.78 is 11.2. The van der Waals surface area contributed by atoms with Crippen LogP contribution in [0, 0.1) is 13.8 Å². The number of nitrogens with zero attached hydrogens (tertiary/aromatic N) is 2. The van der Waals surface area contributed by atoms with Gasteiger partial charge in [0.15, 0.2) is 5.69 Å². The molecular weight excluding hydrogens is 440 g/mol. The summed E-state index contributed by atoms with van der Waals surface area (Å²) in [5.41, 5.74) is 6.87. The maximum Gasteiger partial charge on any atom is 0.310 e. The molecule has 0 unspecified atom stereocenters. The minimum atomic E-state index is 0.810. The number of ether oxygens (including phenoxy) is 1. The molecule has 5 rings (SSSR count). The Kier molecular flexibility index (Phi) is 6.23. The molecule has 2 heterocycles. The topological polar surface area (TPSA) is 53.2 Å². The van der Waals surface area contributed by atoms with Crippen LogP contribution in [-0.2, 0) is 6.54 Å². The smallest absolute Gasteiger partial charge is 0.310 e. The number of nitrogens with one attached hydrogen (secondary N) is 2. The van der Waals surface area contributed by atoms with Crippen molar-refractivity contribution >= 4 is 28.7 Å². The fraction of sp³-hybridized carbons (Fsp3) is 0.143. The molecule has 6 heteroatoms. The largest absolute Gasteiger partial charge is 0.497 e. The molecule has 0 aliphatic carbocycles. The molecular formula is C28H27N4OS+. The summed E-state index contributed by atoms with van der Waals surface area (Å²) in [6.07, 6.45) is 3.63. The Labute approximate surface area is 204 Å². The molecule has 3 aromatic carbocycles. The van der Waals surface area contributed by atoms with Crippen molar-refractivity contribution in [1.82, 2.24) is 9.55 Å². The molecule has 34 heavy (non-hydrogen) atoms. The zero-order valence-corrected chi connectivity index (χ0v) is 20.3. The Morgan fingerprint density at radius 2 is 1.82 bits per heavy atom. The number of anilines is 1. The molecule has 0 fully saturated rings. The van der Waals surface area contributed by atoms with Crippen molar-refractivity contribution in [2.45, 2.75) is 25.3 Å². The molecule has 0 amide bonds. The Balaban J connectivity index is 1.37. The SMILES string of the molecule is COc1ccc2c(c1)cc(C)n2Cc1ccc(-c2ncc[nH+]c2NSc2ccccc2C)cc1. The van der Waals surface area contributed by atoms with E-state index in [2.05, 4.69) is 99.8 Å². The predicted molar refractivity (Wildman–Crippen MR) is 139 cm³/mol. The van der Waals surface area contributed by atoms with Crippen LogP contribution in [0.2, 0.25) is 0 Å². The number of hydrogen-bond acceptors (Lipinski definition) is 4. The first-order chi connectivity index (χ1) is 16.6. The van der Waals surface area contributed by atoms with Gasteiger partial charge in [-0.15, -0.1) is 0 Å². The molecule has 0 saturated carbocycles. The zero-order valence-electron chi connectivity index (χ0n) is 19.5. The van der Waals surface area contributed by atoms with Gasteiger partial charge in [0.25, 0.3) is 0 Å². The van der Waals surface area contributed by atoms with Crippen LogP contribution in [0.15, 0.2) is 90.1 Å². The maximum absolute atomic E-state index is 5.38. The van der Waals surface area contributed by atoms with Crippen molar-refractivity contribution in [3.8, 4) is 17.0 Å². The highest BCUT2D eigenvalue weighted by molar-refractivity contribution is 8.00. The Bertz CT molecular complexity index is 1440. The van der Waals surface area contributed by atoms with Gasteiger partial charge in [0.2, 0.25) is 0 Å². The average molecular weight is 468 g/mol. The van der Waals surface area contributed by atoms with Gasteiger partial charge in [-0.2, -0.15) is 0 Å². The molecule has 0 aliphatic rings. The number of aryl methyl sites for hydroxylation is 2. The van der Waals surface area contributed by atoms with Gasteiger partial charge < -0.3 is 9.30 Å². The molecule has 5 aromatic rings. The van der Waals surface area contributed by atoms with Gasteiger partial charge in [0, 0.05) is 28.7 Å². The number of rotatable bonds is 7. The number of aromatic amines is 1. The van der Waals surface area contributed by atoms with Crippen LogP contribution in [0.1, 0.15) is 16.8 Å². The summed E-state index contributed by atoms with van der Waals surface area (Å²) in [7, 11) is 1.70. The van der Waals surface area contributed by atoms with Crippen molar-refractivity contribution < 1.29 is 9.72 Å². The molecule has 5 nitrogen and oxygen atoms in total. The summed E-state index contributed by atoms with van der Waals surface area (Å²) in [4.78, 5) is 9.13. The van der Waals surface area contributed by atoms with E-state index < -0.39 is 0 Å². The predicted octanol–water partition coefficient (Wildman–Crippen LogP) is 6.31. The van der Waals surface area contributed by atoms with Crippen molar-refractivity contribution in [2.75, 3.05) is 11.8 Å². The lowest BCUT2D eigenvalue weighted by Crippen LogP contribution is -2.11. The molecule has 0 aliphatic heterocycles. The minimum absolute atomic E-state index is 0.810. The molecule has 2 aromatic heterocycles. The van der Waals surface area contributed by atoms with Crippen LogP contribution in [0.5, 0.6) is 5.75 Å². The third-order valence-corrected chi connectivity index (χ3v) is 6.97. The molecule has 2 N–H and O–H groups in total. The van der Waals surface area contributed by atoms with E-state index in [1.165, 1.54) is 32.6 Å². The van der Waals surface area contributed by atoms with E-state index in [0.29, 0.717) is 0 Å². The van der Waals surface area contributed by atoms with Crippen LogP contribution in [0.4, 0.5) is 5.82 Å². The van der Waals surface area contributed by atoms with E-state index >= 15 is 0 Å². The summed E-state index contributed by atoms with van der Waals surface area (Å²) in [5.74, 6) is 1.76. The average Bonchev–Trinajstić information content (AvgIpc) is 3.18. The first-order valence-electron chi connectivity index (χ1n) is 11.2. The highest BCUT2D eigenvalue weighted by atomic mass is 32.2. The highest BCUT2D eigenvalue weighted by Gasteiger charge is 2.15. The second-order valence-corrected chi connectivity index (χ2v) is 9.12. The number of hydrogen-bond donors (Lipinski definition) is 1. The molecule has 0 spiro atoms. The standard InChI is InChI=1S/C28H26N4OS/c1-19-6-4-5-7-26(19)34-31-28-27(29-14-15-30-28)22-10-8-21(9-11-22)18-32-20(2)16-23-17-24(33-3)12-13-25(23)32/h4-17H,18H2,1-3H3,(H,30,31)/p+1. The Morgan fingerprint density at radius 1 is 1.00 bits per heavy atom. The first-order valence-corrected chi connectivity index (χ1v) is 12.0. The Hall–Kier alpha value is -3.77. The third-order valence-electron chi connectivity index (χ3n) is 5.98. The second kappa shape index (κ2) is 9.61. The number of H-pyrrole nitrogens is 1. The van der Waals surface area contributed by atoms with E-state index in [0.717, 1.165) is 29.4 Å². The van der Waals surface area contributed by atoms with Gasteiger partial charge in [0.05, 0.1) is 30.2 Å². The molecule has 0 bridgehead atoms. The van der Waals surface area contributed by atoms with Crippen LogP contribution in [-0.4, -0.2) is 16.7 Å². The van der Waals surface area contributed by atoms with E-state index in [1.807, 2.05) is 12.3 Å². The van der Waals surface area contributed by atoms with Gasteiger partial charge in [-0.25, -0.2) is 14.7 Å². The summed E-state index contributed by atoms with van der Waals surface area (Å²) in [6, 6.07) is 25.4.